The van der Waals surface area contributed by atoms with Crippen LogP contribution in [0, 0.1) is 5.92 Å². The summed E-state index contributed by atoms with van der Waals surface area (Å²) in [5.41, 5.74) is 6.85. The summed E-state index contributed by atoms with van der Waals surface area (Å²) in [5, 5.41) is 0. The van der Waals surface area contributed by atoms with Gasteiger partial charge in [-0.3, -0.25) is 4.90 Å². The fraction of sp³-hybridized carbons (Fsp3) is 0.625. The largest absolute Gasteiger partial charge is 0.330 e. The van der Waals surface area contributed by atoms with Gasteiger partial charge in [0.15, 0.2) is 9.84 Å². The third-order valence-corrected chi connectivity index (χ3v) is 5.59. The Hall–Kier alpha value is -0.620. The molecule has 126 valence electrons. The molecule has 0 radical (unpaired) electrons. The van der Waals surface area contributed by atoms with Crippen LogP contribution in [0.1, 0.15) is 37.8 Å². The Morgan fingerprint density at radius 3 is 2.50 bits per heavy atom. The van der Waals surface area contributed by atoms with Crippen LogP contribution >= 0.6 is 12.4 Å². The van der Waals surface area contributed by atoms with Crippen LogP contribution in [0.25, 0.3) is 0 Å². The van der Waals surface area contributed by atoms with Gasteiger partial charge in [0.05, 0.1) is 4.90 Å². The predicted octanol–water partition coefficient (Wildman–Crippen LogP) is 2.63. The number of nitrogens with two attached hydrogens (primary N) is 1. The molecule has 1 aliphatic rings. The van der Waals surface area contributed by atoms with Gasteiger partial charge < -0.3 is 5.73 Å². The van der Waals surface area contributed by atoms with Crippen LogP contribution in [0.5, 0.6) is 0 Å². The third kappa shape index (κ3) is 4.95. The lowest BCUT2D eigenvalue weighted by Crippen LogP contribution is -2.37. The fourth-order valence-electron chi connectivity index (χ4n) is 3.12. The van der Waals surface area contributed by atoms with E-state index in [1.807, 2.05) is 12.1 Å². The summed E-state index contributed by atoms with van der Waals surface area (Å²) in [5.74, 6) is 0.696. The molecular formula is C16H27ClN2O2S. The number of hydrogen-bond acceptors (Lipinski definition) is 4. The molecule has 1 saturated heterocycles. The first-order chi connectivity index (χ1) is 9.91. The van der Waals surface area contributed by atoms with Gasteiger partial charge in [0.2, 0.25) is 0 Å². The second kappa shape index (κ2) is 8.29. The van der Waals surface area contributed by atoms with E-state index in [0.29, 0.717) is 16.9 Å². The Kier molecular flexibility index (Phi) is 7.32. The number of benzene rings is 1. The topological polar surface area (TPSA) is 63.4 Å². The molecule has 6 heteroatoms. The van der Waals surface area contributed by atoms with Crippen molar-refractivity contribution in [3.05, 3.63) is 29.8 Å². The van der Waals surface area contributed by atoms with E-state index in [1.54, 1.807) is 12.1 Å². The lowest BCUT2D eigenvalue weighted by atomic mass is 9.93. The fourth-order valence-corrected chi connectivity index (χ4v) is 3.76. The molecule has 1 aromatic carbocycles. The van der Waals surface area contributed by atoms with Crippen LogP contribution in [0.15, 0.2) is 29.2 Å². The van der Waals surface area contributed by atoms with E-state index in [2.05, 4.69) is 11.8 Å². The first kappa shape index (κ1) is 19.4. The van der Waals surface area contributed by atoms with Crippen molar-refractivity contribution in [3.8, 4) is 0 Å². The summed E-state index contributed by atoms with van der Waals surface area (Å²) in [6.45, 7) is 5.15. The highest BCUT2D eigenvalue weighted by atomic mass is 35.5. The van der Waals surface area contributed by atoms with Gasteiger partial charge in [-0.15, -0.1) is 12.4 Å². The zero-order valence-electron chi connectivity index (χ0n) is 13.4. The molecule has 2 N–H and O–H groups in total. The highest BCUT2D eigenvalue weighted by molar-refractivity contribution is 7.90. The number of rotatable bonds is 5. The average molecular weight is 347 g/mol. The van der Waals surface area contributed by atoms with E-state index in [1.165, 1.54) is 24.7 Å². The molecule has 0 saturated carbocycles. The van der Waals surface area contributed by atoms with Gasteiger partial charge in [0.1, 0.15) is 0 Å². The first-order valence-electron chi connectivity index (χ1n) is 7.66. The molecule has 0 amide bonds. The minimum absolute atomic E-state index is 0. The maximum Gasteiger partial charge on any atom is 0.175 e. The third-order valence-electron chi connectivity index (χ3n) is 4.46. The number of nitrogens with zero attached hydrogens (tertiary/aromatic N) is 1. The molecule has 1 heterocycles. The molecule has 0 spiro atoms. The quantitative estimate of drug-likeness (QED) is 0.890. The van der Waals surface area contributed by atoms with Gasteiger partial charge in [0.25, 0.3) is 0 Å². The molecule has 2 rings (SSSR count). The van der Waals surface area contributed by atoms with Crippen molar-refractivity contribution >= 4 is 22.2 Å². The number of sulfone groups is 1. The summed E-state index contributed by atoms with van der Waals surface area (Å²) >= 11 is 0. The number of halogens is 1. The summed E-state index contributed by atoms with van der Waals surface area (Å²) < 4.78 is 23.0. The lowest BCUT2D eigenvalue weighted by molar-refractivity contribution is 0.128. The minimum atomic E-state index is -3.11. The molecule has 22 heavy (non-hydrogen) atoms. The maximum absolute atomic E-state index is 11.5. The van der Waals surface area contributed by atoms with Crippen molar-refractivity contribution in [2.45, 2.75) is 37.1 Å². The standard InChI is InChI=1S/C16H26N2O2S.ClH/c1-13(18-11-3-4-14(12-18)9-10-17)15-5-7-16(8-6-15)21(2,19)20;/h5-8,13-14H,3-4,9-12,17H2,1-2H3;1H. The highest BCUT2D eigenvalue weighted by Gasteiger charge is 2.24. The van der Waals surface area contributed by atoms with Crippen LogP contribution < -0.4 is 5.73 Å². The second-order valence-electron chi connectivity index (χ2n) is 6.10. The number of likely N-dealkylation sites (tertiary alicyclic amines) is 1. The van der Waals surface area contributed by atoms with Crippen LogP contribution in [0.2, 0.25) is 0 Å². The number of piperidine rings is 1. The van der Waals surface area contributed by atoms with E-state index >= 15 is 0 Å². The van der Waals surface area contributed by atoms with Crippen molar-refractivity contribution in [1.82, 2.24) is 4.90 Å². The molecule has 2 atom stereocenters. The van der Waals surface area contributed by atoms with Crippen molar-refractivity contribution in [1.29, 1.82) is 0 Å². The first-order valence-corrected chi connectivity index (χ1v) is 9.55. The van der Waals surface area contributed by atoms with Crippen molar-refractivity contribution in [3.63, 3.8) is 0 Å². The van der Waals surface area contributed by atoms with Crippen molar-refractivity contribution < 1.29 is 8.42 Å². The molecule has 0 aliphatic carbocycles. The van der Waals surface area contributed by atoms with Gasteiger partial charge in [0, 0.05) is 18.8 Å². The molecular weight excluding hydrogens is 320 g/mol. The van der Waals surface area contributed by atoms with Crippen molar-refractivity contribution in [2.24, 2.45) is 11.7 Å². The predicted molar refractivity (Wildman–Crippen MR) is 93.2 cm³/mol. The van der Waals surface area contributed by atoms with Crippen molar-refractivity contribution in [2.75, 3.05) is 25.9 Å². The number of hydrogen-bond donors (Lipinski definition) is 1. The second-order valence-corrected chi connectivity index (χ2v) is 8.11. The summed E-state index contributed by atoms with van der Waals surface area (Å²) in [6.07, 6.45) is 4.83. The molecule has 2 unspecified atom stereocenters. The molecule has 1 aromatic rings. The monoisotopic (exact) mass is 346 g/mol. The Bertz CT molecular complexity index is 558. The normalized spacial score (nSPS) is 21.1. The Balaban J connectivity index is 0.00000242. The van der Waals surface area contributed by atoms with Crippen LogP contribution in [-0.4, -0.2) is 39.2 Å². The average Bonchev–Trinajstić information content (AvgIpc) is 2.46. The molecule has 4 nitrogen and oxygen atoms in total. The van der Waals surface area contributed by atoms with Gasteiger partial charge >= 0.3 is 0 Å². The lowest BCUT2D eigenvalue weighted by Gasteiger charge is -2.37. The highest BCUT2D eigenvalue weighted by Crippen LogP contribution is 2.28. The summed E-state index contributed by atoms with van der Waals surface area (Å²) in [4.78, 5) is 2.87. The molecule has 0 aromatic heterocycles. The molecule has 1 aliphatic heterocycles. The molecule has 0 bridgehead atoms. The van der Waals surface area contributed by atoms with Crippen LogP contribution in [0.4, 0.5) is 0 Å². The minimum Gasteiger partial charge on any atom is -0.330 e. The maximum atomic E-state index is 11.5. The Morgan fingerprint density at radius 1 is 1.32 bits per heavy atom. The SMILES string of the molecule is CC(c1ccc(S(C)(=O)=O)cc1)N1CCCC(CCN)C1.Cl. The summed E-state index contributed by atoms with van der Waals surface area (Å²) in [7, 11) is -3.11. The van der Waals surface area contributed by atoms with Gasteiger partial charge in [-0.25, -0.2) is 8.42 Å². The van der Waals surface area contributed by atoms with E-state index in [9.17, 15) is 8.42 Å². The van der Waals surface area contributed by atoms with E-state index in [4.69, 9.17) is 5.73 Å². The van der Waals surface area contributed by atoms with Crippen LogP contribution in [-0.2, 0) is 9.84 Å². The van der Waals surface area contributed by atoms with Crippen LogP contribution in [0.3, 0.4) is 0 Å². The van der Waals surface area contributed by atoms with E-state index < -0.39 is 9.84 Å². The summed E-state index contributed by atoms with van der Waals surface area (Å²) in [6, 6.07) is 7.62. The van der Waals surface area contributed by atoms with E-state index in [-0.39, 0.29) is 12.4 Å². The van der Waals surface area contributed by atoms with Gasteiger partial charge in [-0.1, -0.05) is 12.1 Å². The van der Waals surface area contributed by atoms with Gasteiger partial charge in [-0.2, -0.15) is 0 Å². The zero-order valence-corrected chi connectivity index (χ0v) is 15.0. The van der Waals surface area contributed by atoms with E-state index in [0.717, 1.165) is 26.1 Å². The smallest absolute Gasteiger partial charge is 0.175 e. The van der Waals surface area contributed by atoms with Gasteiger partial charge in [-0.05, 0) is 62.9 Å². The zero-order chi connectivity index (χ0) is 15.5. The molecule has 1 fully saturated rings. The Labute approximate surface area is 140 Å². The Morgan fingerprint density at radius 2 is 1.95 bits per heavy atom.